The highest BCUT2D eigenvalue weighted by molar-refractivity contribution is 5.85. The summed E-state index contributed by atoms with van der Waals surface area (Å²) in [7, 11) is 0. The molecule has 1 aliphatic heterocycles. The van der Waals surface area contributed by atoms with Gasteiger partial charge >= 0.3 is 5.97 Å². The Morgan fingerprint density at radius 3 is 2.45 bits per heavy atom. The van der Waals surface area contributed by atoms with E-state index in [9.17, 15) is 9.59 Å². The summed E-state index contributed by atoms with van der Waals surface area (Å²) in [5, 5.41) is 12.8. The van der Waals surface area contributed by atoms with Crippen LogP contribution in [0.1, 0.15) is 43.7 Å². The van der Waals surface area contributed by atoms with Crippen LogP contribution in [0.25, 0.3) is 0 Å². The number of rotatable bonds is 3. The van der Waals surface area contributed by atoms with Gasteiger partial charge in [0.05, 0.1) is 0 Å². The zero-order valence-corrected chi connectivity index (χ0v) is 12.1. The minimum absolute atomic E-state index is 0.00318. The maximum atomic E-state index is 12.5. The van der Waals surface area contributed by atoms with Crippen molar-refractivity contribution in [3.8, 4) is 0 Å². The molecule has 1 fully saturated rings. The zero-order chi connectivity index (χ0) is 14.9. The minimum atomic E-state index is -1.08. The number of hydrogen-bond acceptors (Lipinski definition) is 3. The maximum absolute atomic E-state index is 12.5. The van der Waals surface area contributed by atoms with E-state index in [0.29, 0.717) is 11.8 Å². The number of aromatic carboxylic acids is 1. The van der Waals surface area contributed by atoms with Gasteiger partial charge in [-0.2, -0.15) is 5.10 Å². The number of nitrogens with zero attached hydrogens (tertiary/aromatic N) is 3. The lowest BCUT2D eigenvalue weighted by molar-refractivity contribution is -0.137. The second-order valence-electron chi connectivity index (χ2n) is 5.85. The Balaban J connectivity index is 2.09. The van der Waals surface area contributed by atoms with E-state index in [2.05, 4.69) is 18.9 Å². The summed E-state index contributed by atoms with van der Waals surface area (Å²) in [6.07, 6.45) is 2.69. The Labute approximate surface area is 118 Å². The van der Waals surface area contributed by atoms with Crippen molar-refractivity contribution in [2.24, 2.45) is 11.8 Å². The van der Waals surface area contributed by atoms with Gasteiger partial charge in [-0.25, -0.2) is 4.79 Å². The smallest absolute Gasteiger partial charge is 0.356 e. The fourth-order valence-corrected chi connectivity index (χ4v) is 2.89. The van der Waals surface area contributed by atoms with Crippen LogP contribution in [0.3, 0.4) is 0 Å². The summed E-state index contributed by atoms with van der Waals surface area (Å²) >= 11 is 0. The van der Waals surface area contributed by atoms with E-state index < -0.39 is 12.0 Å². The van der Waals surface area contributed by atoms with E-state index in [1.807, 2.05) is 4.90 Å². The van der Waals surface area contributed by atoms with Gasteiger partial charge in [0.2, 0.25) is 5.91 Å². The lowest BCUT2D eigenvalue weighted by atomic mass is 9.91. The molecular weight excluding hydrogens is 258 g/mol. The van der Waals surface area contributed by atoms with Crippen molar-refractivity contribution < 1.29 is 14.7 Å². The van der Waals surface area contributed by atoms with Crippen LogP contribution in [-0.4, -0.2) is 44.8 Å². The molecular formula is C14H21N3O3. The van der Waals surface area contributed by atoms with E-state index in [4.69, 9.17) is 5.11 Å². The third kappa shape index (κ3) is 3.00. The first kappa shape index (κ1) is 14.6. The van der Waals surface area contributed by atoms with Crippen molar-refractivity contribution in [2.75, 3.05) is 13.1 Å². The molecule has 0 aromatic carbocycles. The summed E-state index contributed by atoms with van der Waals surface area (Å²) in [6.45, 7) is 7.58. The molecule has 1 saturated heterocycles. The van der Waals surface area contributed by atoms with Crippen molar-refractivity contribution in [3.05, 3.63) is 18.0 Å². The van der Waals surface area contributed by atoms with Crippen LogP contribution >= 0.6 is 0 Å². The van der Waals surface area contributed by atoms with Gasteiger partial charge in [0, 0.05) is 19.3 Å². The van der Waals surface area contributed by atoms with Crippen LogP contribution in [0.15, 0.2) is 12.3 Å². The highest BCUT2D eigenvalue weighted by Gasteiger charge is 2.29. The lowest BCUT2D eigenvalue weighted by Crippen LogP contribution is -2.45. The largest absolute Gasteiger partial charge is 0.476 e. The molecule has 110 valence electrons. The normalized spacial score (nSPS) is 24.4. The first-order chi connectivity index (χ1) is 9.38. The number of carbonyl (C=O) groups excluding carboxylic acids is 1. The highest BCUT2D eigenvalue weighted by Crippen LogP contribution is 2.23. The van der Waals surface area contributed by atoms with E-state index in [1.54, 1.807) is 13.1 Å². The summed E-state index contributed by atoms with van der Waals surface area (Å²) in [5.41, 5.74) is -0.0370. The second-order valence-corrected chi connectivity index (χ2v) is 5.85. The quantitative estimate of drug-likeness (QED) is 0.912. The van der Waals surface area contributed by atoms with Gasteiger partial charge in [-0.3, -0.25) is 9.48 Å². The zero-order valence-electron chi connectivity index (χ0n) is 12.1. The predicted molar refractivity (Wildman–Crippen MR) is 73.4 cm³/mol. The van der Waals surface area contributed by atoms with E-state index in [1.165, 1.54) is 10.7 Å². The summed E-state index contributed by atoms with van der Waals surface area (Å²) < 4.78 is 1.43. The van der Waals surface area contributed by atoms with E-state index in [0.717, 1.165) is 19.5 Å². The molecule has 1 aliphatic rings. The Morgan fingerprint density at radius 2 is 1.95 bits per heavy atom. The van der Waals surface area contributed by atoms with Gasteiger partial charge < -0.3 is 10.0 Å². The standard InChI is InChI=1S/C14H21N3O3/c1-9-6-10(2)8-16(7-9)13(18)11(3)17-5-4-12(15-17)14(19)20/h4-5,9-11H,6-8H2,1-3H3,(H,19,20). The molecule has 2 rings (SSSR count). The summed E-state index contributed by atoms with van der Waals surface area (Å²) in [6, 6.07) is 0.939. The van der Waals surface area contributed by atoms with Crippen LogP contribution in [0.5, 0.6) is 0 Å². The average Bonchev–Trinajstić information content (AvgIpc) is 2.85. The SMILES string of the molecule is CC1CC(C)CN(C(=O)C(C)n2ccc(C(=O)O)n2)C1. The number of amides is 1. The number of hydrogen-bond donors (Lipinski definition) is 1. The van der Waals surface area contributed by atoms with Gasteiger partial charge in [-0.05, 0) is 31.2 Å². The molecule has 6 nitrogen and oxygen atoms in total. The van der Waals surface area contributed by atoms with Crippen LogP contribution in [0.4, 0.5) is 0 Å². The van der Waals surface area contributed by atoms with E-state index >= 15 is 0 Å². The molecule has 1 aromatic rings. The molecule has 0 saturated carbocycles. The van der Waals surface area contributed by atoms with Crippen LogP contribution in [0.2, 0.25) is 0 Å². The van der Waals surface area contributed by atoms with E-state index in [-0.39, 0.29) is 11.6 Å². The van der Waals surface area contributed by atoms with Crippen molar-refractivity contribution in [1.82, 2.24) is 14.7 Å². The first-order valence-corrected chi connectivity index (χ1v) is 6.95. The molecule has 1 aromatic heterocycles. The molecule has 2 heterocycles. The molecule has 0 bridgehead atoms. The summed E-state index contributed by atoms with van der Waals surface area (Å²) in [4.78, 5) is 25.2. The summed E-state index contributed by atoms with van der Waals surface area (Å²) in [5.74, 6) is -0.0729. The van der Waals surface area contributed by atoms with Gasteiger partial charge in [-0.1, -0.05) is 13.8 Å². The number of carboxylic acid groups (broad SMARTS) is 1. The van der Waals surface area contributed by atoms with Gasteiger partial charge in [0.15, 0.2) is 5.69 Å². The van der Waals surface area contributed by atoms with Crippen molar-refractivity contribution >= 4 is 11.9 Å². The molecule has 0 aliphatic carbocycles. The van der Waals surface area contributed by atoms with Crippen LogP contribution in [-0.2, 0) is 4.79 Å². The minimum Gasteiger partial charge on any atom is -0.476 e. The van der Waals surface area contributed by atoms with Crippen LogP contribution < -0.4 is 0 Å². The first-order valence-electron chi connectivity index (χ1n) is 6.95. The second kappa shape index (κ2) is 5.64. The molecule has 0 radical (unpaired) electrons. The Kier molecular flexibility index (Phi) is 4.11. The molecule has 6 heteroatoms. The molecule has 1 amide bonds. The van der Waals surface area contributed by atoms with Gasteiger partial charge in [0.25, 0.3) is 0 Å². The van der Waals surface area contributed by atoms with Crippen molar-refractivity contribution in [2.45, 2.75) is 33.2 Å². The molecule has 3 atom stereocenters. The lowest BCUT2D eigenvalue weighted by Gasteiger charge is -2.36. The average molecular weight is 279 g/mol. The molecule has 0 spiro atoms. The van der Waals surface area contributed by atoms with Gasteiger partial charge in [-0.15, -0.1) is 0 Å². The van der Waals surface area contributed by atoms with Crippen LogP contribution in [0, 0.1) is 11.8 Å². The third-order valence-corrected chi connectivity index (χ3v) is 3.76. The number of likely N-dealkylation sites (tertiary alicyclic amines) is 1. The fraction of sp³-hybridized carbons (Fsp3) is 0.643. The number of carboxylic acids is 1. The molecule has 1 N–H and O–H groups in total. The van der Waals surface area contributed by atoms with Crippen molar-refractivity contribution in [3.63, 3.8) is 0 Å². The third-order valence-electron chi connectivity index (χ3n) is 3.76. The maximum Gasteiger partial charge on any atom is 0.356 e. The predicted octanol–water partition coefficient (Wildman–Crippen LogP) is 1.65. The fourth-order valence-electron chi connectivity index (χ4n) is 2.89. The number of piperidine rings is 1. The number of carbonyl (C=O) groups is 2. The molecule has 20 heavy (non-hydrogen) atoms. The Hall–Kier alpha value is -1.85. The molecule has 3 unspecified atom stereocenters. The Morgan fingerprint density at radius 1 is 1.35 bits per heavy atom. The monoisotopic (exact) mass is 279 g/mol. The number of aromatic nitrogens is 2. The van der Waals surface area contributed by atoms with Gasteiger partial charge in [0.1, 0.15) is 6.04 Å². The highest BCUT2D eigenvalue weighted by atomic mass is 16.4. The van der Waals surface area contributed by atoms with Crippen molar-refractivity contribution in [1.29, 1.82) is 0 Å². The Bertz CT molecular complexity index is 502. The topological polar surface area (TPSA) is 75.4 Å².